The number of benzene rings is 1. The summed E-state index contributed by atoms with van der Waals surface area (Å²) >= 11 is 6.07. The molecule has 0 heterocycles. The van der Waals surface area contributed by atoms with Gasteiger partial charge in [0.2, 0.25) is 0 Å². The summed E-state index contributed by atoms with van der Waals surface area (Å²) in [5.74, 6) is 0. The summed E-state index contributed by atoms with van der Waals surface area (Å²) in [6.45, 7) is 4.04. The third kappa shape index (κ3) is 1.31. The molecule has 0 saturated heterocycles. The van der Waals surface area contributed by atoms with Crippen molar-refractivity contribution in [1.29, 1.82) is 5.26 Å². The van der Waals surface area contributed by atoms with E-state index < -0.39 is 0 Å². The third-order valence-corrected chi connectivity index (χ3v) is 3.39. The molecule has 1 aliphatic carbocycles. The molecule has 1 saturated carbocycles. The zero-order valence-corrected chi connectivity index (χ0v) is 9.15. The van der Waals surface area contributed by atoms with Gasteiger partial charge in [0.15, 0.2) is 0 Å². The van der Waals surface area contributed by atoms with E-state index in [2.05, 4.69) is 19.1 Å². The van der Waals surface area contributed by atoms with E-state index in [0.717, 1.165) is 29.0 Å². The molecular formula is C12H12ClN. The van der Waals surface area contributed by atoms with Gasteiger partial charge in [-0.1, -0.05) is 17.7 Å². The molecule has 0 radical (unpaired) electrons. The second kappa shape index (κ2) is 3.00. The van der Waals surface area contributed by atoms with Crippen LogP contribution in [0.3, 0.4) is 0 Å². The Morgan fingerprint density at radius 3 is 2.43 bits per heavy atom. The van der Waals surface area contributed by atoms with Crippen LogP contribution in [-0.4, -0.2) is 0 Å². The predicted molar refractivity (Wildman–Crippen MR) is 57.5 cm³/mol. The highest BCUT2D eigenvalue weighted by Gasteiger charge is 2.45. The van der Waals surface area contributed by atoms with Crippen molar-refractivity contribution in [3.63, 3.8) is 0 Å². The highest BCUT2D eigenvalue weighted by Crippen LogP contribution is 2.49. The van der Waals surface area contributed by atoms with E-state index in [4.69, 9.17) is 16.9 Å². The minimum atomic E-state index is -0.221. The SMILES string of the molecule is Cc1cc(C)c(C2(C#N)CC2)cc1Cl. The maximum Gasteiger partial charge on any atom is 0.0826 e. The third-order valence-electron chi connectivity index (χ3n) is 2.99. The number of rotatable bonds is 1. The fraction of sp³-hybridized carbons (Fsp3) is 0.417. The summed E-state index contributed by atoms with van der Waals surface area (Å²) in [5.41, 5.74) is 3.17. The highest BCUT2D eigenvalue weighted by molar-refractivity contribution is 6.31. The first-order valence-electron chi connectivity index (χ1n) is 4.77. The lowest BCUT2D eigenvalue weighted by molar-refractivity contribution is 0.894. The first kappa shape index (κ1) is 9.55. The van der Waals surface area contributed by atoms with Crippen LogP contribution >= 0.6 is 11.6 Å². The van der Waals surface area contributed by atoms with Gasteiger partial charge < -0.3 is 0 Å². The Labute approximate surface area is 89.3 Å². The molecule has 1 nitrogen and oxygen atoms in total. The molecule has 2 rings (SSSR count). The minimum Gasteiger partial charge on any atom is -0.197 e. The van der Waals surface area contributed by atoms with Crippen molar-refractivity contribution in [2.24, 2.45) is 0 Å². The number of nitriles is 1. The molecule has 0 spiro atoms. The Kier molecular flexibility index (Phi) is 2.05. The van der Waals surface area contributed by atoms with Gasteiger partial charge >= 0.3 is 0 Å². The quantitative estimate of drug-likeness (QED) is 0.688. The van der Waals surface area contributed by atoms with Crippen LogP contribution in [0.15, 0.2) is 12.1 Å². The van der Waals surface area contributed by atoms with Gasteiger partial charge in [0, 0.05) is 5.02 Å². The van der Waals surface area contributed by atoms with Crippen molar-refractivity contribution in [3.8, 4) is 6.07 Å². The molecular weight excluding hydrogens is 194 g/mol. The van der Waals surface area contributed by atoms with Crippen LogP contribution in [0.2, 0.25) is 5.02 Å². The van der Waals surface area contributed by atoms with E-state index in [1.807, 2.05) is 13.0 Å². The molecule has 1 fully saturated rings. The van der Waals surface area contributed by atoms with Gasteiger partial charge in [0.25, 0.3) is 0 Å². The van der Waals surface area contributed by atoms with Gasteiger partial charge in [-0.25, -0.2) is 0 Å². The first-order chi connectivity index (χ1) is 6.59. The number of hydrogen-bond donors (Lipinski definition) is 0. The summed E-state index contributed by atoms with van der Waals surface area (Å²) in [5, 5.41) is 9.87. The summed E-state index contributed by atoms with van der Waals surface area (Å²) in [6.07, 6.45) is 1.95. The largest absolute Gasteiger partial charge is 0.197 e. The van der Waals surface area contributed by atoms with Gasteiger partial charge in [-0.2, -0.15) is 5.26 Å². The van der Waals surface area contributed by atoms with Crippen LogP contribution in [0.5, 0.6) is 0 Å². The standard InChI is InChI=1S/C12H12ClN/c1-8-5-9(2)11(13)6-10(8)12(7-14)3-4-12/h5-6H,3-4H2,1-2H3. The van der Waals surface area contributed by atoms with Crippen LogP contribution in [0.1, 0.15) is 29.5 Å². The Morgan fingerprint density at radius 2 is 1.93 bits per heavy atom. The molecule has 0 bridgehead atoms. The van der Waals surface area contributed by atoms with Crippen molar-refractivity contribution >= 4 is 11.6 Å². The van der Waals surface area contributed by atoms with Crippen molar-refractivity contribution in [2.45, 2.75) is 32.1 Å². The van der Waals surface area contributed by atoms with E-state index in [1.165, 1.54) is 5.56 Å². The van der Waals surface area contributed by atoms with Crippen LogP contribution in [0, 0.1) is 25.2 Å². The smallest absolute Gasteiger partial charge is 0.0826 e. The number of aryl methyl sites for hydroxylation is 2. The predicted octanol–water partition coefficient (Wildman–Crippen LogP) is 3.51. The Hall–Kier alpha value is -1.00. The Balaban J connectivity index is 2.55. The average Bonchev–Trinajstić information content (AvgIpc) is 2.92. The van der Waals surface area contributed by atoms with Crippen LogP contribution < -0.4 is 0 Å². The van der Waals surface area contributed by atoms with Crippen molar-refractivity contribution in [3.05, 3.63) is 33.8 Å². The zero-order valence-electron chi connectivity index (χ0n) is 8.39. The second-order valence-electron chi connectivity index (χ2n) is 4.11. The monoisotopic (exact) mass is 205 g/mol. The summed E-state index contributed by atoms with van der Waals surface area (Å²) in [7, 11) is 0. The van der Waals surface area contributed by atoms with E-state index in [9.17, 15) is 0 Å². The number of nitrogens with zero attached hydrogens (tertiary/aromatic N) is 1. The lowest BCUT2D eigenvalue weighted by Gasteiger charge is -2.12. The fourth-order valence-corrected chi connectivity index (χ4v) is 2.07. The molecule has 72 valence electrons. The van der Waals surface area contributed by atoms with Crippen molar-refractivity contribution in [1.82, 2.24) is 0 Å². The van der Waals surface area contributed by atoms with Gasteiger partial charge in [0.05, 0.1) is 11.5 Å². The number of hydrogen-bond acceptors (Lipinski definition) is 1. The Morgan fingerprint density at radius 1 is 1.29 bits per heavy atom. The molecule has 2 heteroatoms. The summed E-state index contributed by atoms with van der Waals surface area (Å²) in [6, 6.07) is 6.42. The Bertz CT molecular complexity index is 425. The molecule has 1 aliphatic rings. The molecule has 1 aromatic carbocycles. The molecule has 0 amide bonds. The van der Waals surface area contributed by atoms with E-state index >= 15 is 0 Å². The van der Waals surface area contributed by atoms with E-state index in [1.54, 1.807) is 0 Å². The van der Waals surface area contributed by atoms with E-state index in [-0.39, 0.29) is 5.41 Å². The zero-order chi connectivity index (χ0) is 10.3. The lowest BCUT2D eigenvalue weighted by atomic mass is 9.92. The van der Waals surface area contributed by atoms with Crippen LogP contribution in [-0.2, 0) is 5.41 Å². The average molecular weight is 206 g/mol. The van der Waals surface area contributed by atoms with Crippen LogP contribution in [0.4, 0.5) is 0 Å². The summed E-state index contributed by atoms with van der Waals surface area (Å²) < 4.78 is 0. The fourth-order valence-electron chi connectivity index (χ4n) is 1.91. The second-order valence-corrected chi connectivity index (χ2v) is 4.52. The molecule has 0 N–H and O–H groups in total. The van der Waals surface area contributed by atoms with E-state index in [0.29, 0.717) is 0 Å². The molecule has 1 aromatic rings. The maximum absolute atomic E-state index is 9.10. The van der Waals surface area contributed by atoms with Gasteiger partial charge in [-0.15, -0.1) is 0 Å². The molecule has 0 atom stereocenters. The molecule has 0 unspecified atom stereocenters. The van der Waals surface area contributed by atoms with Gasteiger partial charge in [0.1, 0.15) is 0 Å². The lowest BCUT2D eigenvalue weighted by Crippen LogP contribution is -2.05. The van der Waals surface area contributed by atoms with Gasteiger partial charge in [-0.3, -0.25) is 0 Å². The number of halogens is 1. The normalized spacial score (nSPS) is 17.6. The van der Waals surface area contributed by atoms with Crippen molar-refractivity contribution in [2.75, 3.05) is 0 Å². The molecule has 0 aliphatic heterocycles. The maximum atomic E-state index is 9.10. The summed E-state index contributed by atoms with van der Waals surface area (Å²) in [4.78, 5) is 0. The topological polar surface area (TPSA) is 23.8 Å². The van der Waals surface area contributed by atoms with Crippen molar-refractivity contribution < 1.29 is 0 Å². The van der Waals surface area contributed by atoms with Gasteiger partial charge in [-0.05, 0) is 49.4 Å². The minimum absolute atomic E-state index is 0.221. The molecule has 0 aromatic heterocycles. The molecule has 14 heavy (non-hydrogen) atoms. The van der Waals surface area contributed by atoms with Crippen LogP contribution in [0.25, 0.3) is 0 Å². The first-order valence-corrected chi connectivity index (χ1v) is 5.15. The highest BCUT2D eigenvalue weighted by atomic mass is 35.5.